The number of carbonyl (C=O) groups excluding carboxylic acids is 2. The fourth-order valence-electron chi connectivity index (χ4n) is 3.93. The molecule has 0 unspecified atom stereocenters. The molecule has 1 N–H and O–H groups in total. The first-order chi connectivity index (χ1) is 14.6. The number of hydrogen-bond donors (Lipinski definition) is 1. The summed E-state index contributed by atoms with van der Waals surface area (Å²) in [6, 6.07) is 18.8. The summed E-state index contributed by atoms with van der Waals surface area (Å²) in [6.07, 6.45) is 0.356. The van der Waals surface area contributed by atoms with Crippen molar-refractivity contribution >= 4 is 23.2 Å². The van der Waals surface area contributed by atoms with Crippen LogP contribution in [0.15, 0.2) is 71.4 Å². The van der Waals surface area contributed by atoms with E-state index in [0.717, 1.165) is 11.1 Å². The number of oxime groups is 1. The molecule has 0 spiro atoms. The minimum absolute atomic E-state index is 0.114. The van der Waals surface area contributed by atoms with Crippen LogP contribution in [-0.2, 0) is 19.1 Å². The van der Waals surface area contributed by atoms with Crippen LogP contribution in [0.25, 0.3) is 5.57 Å². The molecule has 30 heavy (non-hydrogen) atoms. The second-order valence-corrected chi connectivity index (χ2v) is 6.88. The molecule has 0 amide bonds. The average molecular weight is 407 g/mol. The molecule has 156 valence electrons. The van der Waals surface area contributed by atoms with Gasteiger partial charge in [-0.25, -0.2) is 0 Å². The molecule has 1 aliphatic carbocycles. The summed E-state index contributed by atoms with van der Waals surface area (Å²) < 4.78 is 10.7. The lowest BCUT2D eigenvalue weighted by Crippen LogP contribution is -2.42. The minimum atomic E-state index is -1.70. The van der Waals surface area contributed by atoms with Gasteiger partial charge in [-0.15, -0.1) is 0 Å². The topological polar surface area (TPSA) is 85.2 Å². The van der Waals surface area contributed by atoms with E-state index < -0.39 is 17.4 Å². The van der Waals surface area contributed by atoms with Crippen molar-refractivity contribution in [2.24, 2.45) is 10.6 Å². The molecule has 0 aromatic heterocycles. The summed E-state index contributed by atoms with van der Waals surface area (Å²) in [4.78, 5) is 26.5. The summed E-state index contributed by atoms with van der Waals surface area (Å²) in [7, 11) is 0. The highest BCUT2D eigenvalue weighted by Gasteiger charge is 2.58. The van der Waals surface area contributed by atoms with Gasteiger partial charge in [0.05, 0.1) is 18.9 Å². The van der Waals surface area contributed by atoms with E-state index >= 15 is 0 Å². The molecule has 0 heterocycles. The Bertz CT molecular complexity index is 904. The lowest BCUT2D eigenvalue weighted by atomic mass is 9.76. The SMILES string of the molecule is CCOC(=O)C1(C(=O)OCC)CC/C(=N\O)C1=C(c1ccccc1)c1ccccc1. The lowest BCUT2D eigenvalue weighted by Gasteiger charge is -2.28. The predicted octanol–water partition coefficient (Wildman–Crippen LogP) is 4.23. The normalized spacial score (nSPS) is 16.3. The molecule has 1 aliphatic rings. The Morgan fingerprint density at radius 1 is 0.900 bits per heavy atom. The number of ether oxygens (including phenoxy) is 2. The van der Waals surface area contributed by atoms with Crippen molar-refractivity contribution in [3.05, 3.63) is 77.4 Å². The number of nitrogens with zero attached hydrogens (tertiary/aromatic N) is 1. The van der Waals surface area contributed by atoms with E-state index in [1.807, 2.05) is 60.7 Å². The number of benzene rings is 2. The molecule has 0 bridgehead atoms. The van der Waals surface area contributed by atoms with Crippen LogP contribution >= 0.6 is 0 Å². The zero-order valence-corrected chi connectivity index (χ0v) is 17.1. The summed E-state index contributed by atoms with van der Waals surface area (Å²) >= 11 is 0. The summed E-state index contributed by atoms with van der Waals surface area (Å²) in [5.41, 5.74) is 1.13. The van der Waals surface area contributed by atoms with Gasteiger partial charge in [0.2, 0.25) is 0 Å². The number of carbonyl (C=O) groups is 2. The van der Waals surface area contributed by atoms with Gasteiger partial charge in [-0.2, -0.15) is 0 Å². The molecule has 2 aromatic carbocycles. The second kappa shape index (κ2) is 9.39. The largest absolute Gasteiger partial charge is 0.465 e. The highest BCUT2D eigenvalue weighted by molar-refractivity contribution is 6.23. The highest BCUT2D eigenvalue weighted by atomic mass is 16.6. The summed E-state index contributed by atoms with van der Waals surface area (Å²) in [5.74, 6) is -1.39. The van der Waals surface area contributed by atoms with E-state index in [1.165, 1.54) is 0 Å². The van der Waals surface area contributed by atoms with Crippen molar-refractivity contribution in [3.63, 3.8) is 0 Å². The van der Waals surface area contributed by atoms with Gasteiger partial charge in [0.25, 0.3) is 0 Å². The third kappa shape index (κ3) is 3.73. The van der Waals surface area contributed by atoms with E-state index in [1.54, 1.807) is 13.8 Å². The zero-order valence-electron chi connectivity index (χ0n) is 17.1. The van der Waals surface area contributed by atoms with Crippen LogP contribution in [0.3, 0.4) is 0 Å². The van der Waals surface area contributed by atoms with Crippen molar-refractivity contribution in [3.8, 4) is 0 Å². The third-order valence-corrected chi connectivity index (χ3v) is 5.20. The van der Waals surface area contributed by atoms with Crippen LogP contribution < -0.4 is 0 Å². The molecule has 0 aliphatic heterocycles. The van der Waals surface area contributed by atoms with E-state index in [4.69, 9.17) is 9.47 Å². The van der Waals surface area contributed by atoms with Crippen molar-refractivity contribution in [2.75, 3.05) is 13.2 Å². The third-order valence-electron chi connectivity index (χ3n) is 5.20. The fraction of sp³-hybridized carbons (Fsp3) is 0.292. The van der Waals surface area contributed by atoms with Gasteiger partial charge < -0.3 is 14.7 Å². The zero-order chi connectivity index (χ0) is 21.6. The maximum atomic E-state index is 13.2. The van der Waals surface area contributed by atoms with Crippen molar-refractivity contribution in [2.45, 2.75) is 26.7 Å². The maximum absolute atomic E-state index is 13.2. The molecule has 3 rings (SSSR count). The molecule has 1 saturated carbocycles. The van der Waals surface area contributed by atoms with Crippen LogP contribution in [0.5, 0.6) is 0 Å². The molecular formula is C24H25NO5. The van der Waals surface area contributed by atoms with Crippen LogP contribution in [-0.4, -0.2) is 36.1 Å². The van der Waals surface area contributed by atoms with Crippen molar-refractivity contribution < 1.29 is 24.3 Å². The molecule has 0 atom stereocenters. The summed E-state index contributed by atoms with van der Waals surface area (Å²) in [5, 5.41) is 13.2. The van der Waals surface area contributed by atoms with Gasteiger partial charge in [0, 0.05) is 5.57 Å². The van der Waals surface area contributed by atoms with E-state index in [-0.39, 0.29) is 31.8 Å². The molecule has 6 nitrogen and oxygen atoms in total. The first kappa shape index (κ1) is 21.3. The van der Waals surface area contributed by atoms with Gasteiger partial charge in [-0.05, 0) is 43.4 Å². The van der Waals surface area contributed by atoms with Gasteiger partial charge >= 0.3 is 11.9 Å². The van der Waals surface area contributed by atoms with Crippen molar-refractivity contribution in [1.29, 1.82) is 0 Å². The van der Waals surface area contributed by atoms with Crippen LogP contribution in [0.2, 0.25) is 0 Å². The Kier molecular flexibility index (Phi) is 6.67. The van der Waals surface area contributed by atoms with Gasteiger partial charge in [-0.1, -0.05) is 65.8 Å². The molecule has 1 fully saturated rings. The van der Waals surface area contributed by atoms with Crippen LogP contribution in [0.1, 0.15) is 37.8 Å². The predicted molar refractivity (Wildman–Crippen MR) is 113 cm³/mol. The Hall–Kier alpha value is -3.41. The number of rotatable bonds is 6. The first-order valence-electron chi connectivity index (χ1n) is 10.0. The molecule has 0 saturated heterocycles. The molecule has 0 radical (unpaired) electrons. The molecule has 2 aromatic rings. The molecular weight excluding hydrogens is 382 g/mol. The lowest BCUT2D eigenvalue weighted by molar-refractivity contribution is -0.168. The van der Waals surface area contributed by atoms with Gasteiger partial charge in [-0.3, -0.25) is 9.59 Å². The van der Waals surface area contributed by atoms with E-state index in [9.17, 15) is 14.8 Å². The Balaban J connectivity index is 2.42. The number of esters is 2. The van der Waals surface area contributed by atoms with E-state index in [0.29, 0.717) is 11.1 Å². The monoisotopic (exact) mass is 407 g/mol. The van der Waals surface area contributed by atoms with Crippen LogP contribution in [0.4, 0.5) is 0 Å². The first-order valence-corrected chi connectivity index (χ1v) is 10.0. The van der Waals surface area contributed by atoms with Crippen molar-refractivity contribution in [1.82, 2.24) is 0 Å². The van der Waals surface area contributed by atoms with Gasteiger partial charge in [0.15, 0.2) is 5.41 Å². The highest BCUT2D eigenvalue weighted by Crippen LogP contribution is 2.48. The standard InChI is InChI=1S/C24H25NO5/c1-3-29-22(26)24(23(27)30-4-2)16-15-19(25-28)21(24)20(17-11-7-5-8-12-17)18-13-9-6-10-14-18/h5-14,28H,3-4,15-16H2,1-2H3/b25-19+. The number of hydrogen-bond acceptors (Lipinski definition) is 6. The van der Waals surface area contributed by atoms with E-state index in [2.05, 4.69) is 5.16 Å². The quantitative estimate of drug-likeness (QED) is 0.335. The molecule has 6 heteroatoms. The summed E-state index contributed by atoms with van der Waals surface area (Å²) in [6.45, 7) is 3.60. The maximum Gasteiger partial charge on any atom is 0.328 e. The fourth-order valence-corrected chi connectivity index (χ4v) is 3.93. The van der Waals surface area contributed by atoms with Gasteiger partial charge in [0.1, 0.15) is 0 Å². The second-order valence-electron chi connectivity index (χ2n) is 6.88. The Labute approximate surface area is 175 Å². The Morgan fingerprint density at radius 2 is 1.37 bits per heavy atom. The smallest absolute Gasteiger partial charge is 0.328 e. The van der Waals surface area contributed by atoms with Crippen LogP contribution in [0, 0.1) is 5.41 Å². The Morgan fingerprint density at radius 3 is 1.77 bits per heavy atom. The average Bonchev–Trinajstić information content (AvgIpc) is 3.16. The minimum Gasteiger partial charge on any atom is -0.465 e.